The van der Waals surface area contributed by atoms with Gasteiger partial charge < -0.3 is 20.5 Å². The van der Waals surface area contributed by atoms with E-state index < -0.39 is 0 Å². The Hall–Kier alpha value is -4.58. The van der Waals surface area contributed by atoms with Gasteiger partial charge in [-0.05, 0) is 69.5 Å². The van der Waals surface area contributed by atoms with Crippen LogP contribution in [-0.4, -0.2) is 37.1 Å². The van der Waals surface area contributed by atoms with Crippen molar-refractivity contribution >= 4 is 11.8 Å². The fraction of sp³-hybridized carbons (Fsp3) is 0.350. The number of para-hydroxylation sites is 2. The van der Waals surface area contributed by atoms with Gasteiger partial charge in [0.05, 0.1) is 12.7 Å². The number of amides is 2. The molecule has 0 atom stereocenters. The first-order valence-corrected chi connectivity index (χ1v) is 16.3. The average Bonchev–Trinajstić information content (AvgIpc) is 3.07. The van der Waals surface area contributed by atoms with Crippen molar-refractivity contribution < 1.29 is 19.4 Å². The number of hydrogen-bond acceptors (Lipinski definition) is 4. The molecule has 0 aliphatic heterocycles. The van der Waals surface area contributed by atoms with Crippen molar-refractivity contribution in [1.82, 2.24) is 10.6 Å². The van der Waals surface area contributed by atoms with E-state index in [1.165, 1.54) is 37.7 Å². The first-order valence-electron chi connectivity index (χ1n) is 16.3. The molecule has 2 amide bonds. The zero-order valence-electron chi connectivity index (χ0n) is 28.6. The summed E-state index contributed by atoms with van der Waals surface area (Å²) in [5.74, 6) is 0.933. The smallest absolute Gasteiger partial charge is 0.255 e. The topological polar surface area (TPSA) is 87.7 Å². The molecule has 0 aliphatic carbocycles. The number of hydrogen-bond donors (Lipinski definition) is 3. The van der Waals surface area contributed by atoms with Gasteiger partial charge in [-0.3, -0.25) is 9.59 Å². The monoisotopic (exact) mass is 626 g/mol. The van der Waals surface area contributed by atoms with E-state index in [2.05, 4.69) is 36.6 Å². The van der Waals surface area contributed by atoms with Crippen LogP contribution < -0.4 is 15.4 Å². The molecule has 4 aromatic carbocycles. The minimum absolute atomic E-state index is 0.0571. The third-order valence-electron chi connectivity index (χ3n) is 6.95. The van der Waals surface area contributed by atoms with Gasteiger partial charge in [-0.15, -0.1) is 0 Å². The van der Waals surface area contributed by atoms with Crippen LogP contribution in [0.5, 0.6) is 11.5 Å². The maximum atomic E-state index is 11.9. The van der Waals surface area contributed by atoms with Crippen LogP contribution in [0.4, 0.5) is 0 Å². The van der Waals surface area contributed by atoms with E-state index in [-0.39, 0.29) is 11.8 Å². The van der Waals surface area contributed by atoms with Crippen LogP contribution in [0.15, 0.2) is 103 Å². The zero-order valence-corrected chi connectivity index (χ0v) is 28.6. The molecule has 0 aliphatic rings. The van der Waals surface area contributed by atoms with Gasteiger partial charge in [0.1, 0.15) is 11.5 Å². The lowest BCUT2D eigenvalue weighted by Gasteiger charge is -2.07. The van der Waals surface area contributed by atoms with Crippen LogP contribution in [0, 0.1) is 20.8 Å². The Morgan fingerprint density at radius 3 is 1.65 bits per heavy atom. The summed E-state index contributed by atoms with van der Waals surface area (Å²) in [5, 5.41) is 14.6. The van der Waals surface area contributed by atoms with E-state index in [0.29, 0.717) is 23.6 Å². The first-order chi connectivity index (χ1) is 22.2. The van der Waals surface area contributed by atoms with Gasteiger partial charge in [0.25, 0.3) is 11.8 Å². The van der Waals surface area contributed by atoms with Crippen molar-refractivity contribution in [2.75, 3.05) is 20.2 Å². The predicted octanol–water partition coefficient (Wildman–Crippen LogP) is 9.23. The molecule has 4 rings (SSSR count). The van der Waals surface area contributed by atoms with Gasteiger partial charge in [0, 0.05) is 18.7 Å². The van der Waals surface area contributed by atoms with Gasteiger partial charge in [-0.2, -0.15) is 0 Å². The van der Waals surface area contributed by atoms with Crippen molar-refractivity contribution in [3.8, 4) is 11.5 Å². The number of benzene rings is 4. The fourth-order valence-electron chi connectivity index (χ4n) is 4.22. The molecule has 0 unspecified atom stereocenters. The number of phenols is 1. The van der Waals surface area contributed by atoms with Crippen LogP contribution in [0.3, 0.4) is 0 Å². The Labute approximate surface area is 277 Å². The van der Waals surface area contributed by atoms with Crippen molar-refractivity contribution in [2.45, 2.75) is 73.1 Å². The van der Waals surface area contributed by atoms with E-state index in [1.54, 1.807) is 25.3 Å². The number of carbonyl (C=O) groups excluding carboxylic acids is 2. The number of aryl methyl sites for hydroxylation is 3. The Balaban J connectivity index is 0.000000328. The van der Waals surface area contributed by atoms with Gasteiger partial charge in [0.15, 0.2) is 0 Å². The molecule has 0 fully saturated rings. The summed E-state index contributed by atoms with van der Waals surface area (Å²) in [6, 6.07) is 32.4. The molecule has 6 nitrogen and oxygen atoms in total. The van der Waals surface area contributed by atoms with Gasteiger partial charge >= 0.3 is 0 Å². The van der Waals surface area contributed by atoms with Crippen molar-refractivity contribution in [3.05, 3.63) is 131 Å². The largest absolute Gasteiger partial charge is 0.508 e. The van der Waals surface area contributed by atoms with E-state index in [0.717, 1.165) is 29.7 Å². The minimum Gasteiger partial charge on any atom is -0.508 e. The van der Waals surface area contributed by atoms with E-state index in [9.17, 15) is 9.59 Å². The van der Waals surface area contributed by atoms with E-state index in [1.807, 2.05) is 93.6 Å². The van der Waals surface area contributed by atoms with Crippen LogP contribution in [0.2, 0.25) is 0 Å². The summed E-state index contributed by atoms with van der Waals surface area (Å²) in [6.07, 6.45) is 7.52. The molecule has 0 saturated heterocycles. The van der Waals surface area contributed by atoms with Crippen molar-refractivity contribution in [2.24, 2.45) is 0 Å². The van der Waals surface area contributed by atoms with Gasteiger partial charge in [-0.1, -0.05) is 123 Å². The quantitative estimate of drug-likeness (QED) is 0.145. The van der Waals surface area contributed by atoms with E-state index in [4.69, 9.17) is 9.84 Å². The Bertz CT molecular complexity index is 1370. The molecule has 3 N–H and O–H groups in total. The maximum Gasteiger partial charge on any atom is 0.255 e. The summed E-state index contributed by atoms with van der Waals surface area (Å²) < 4.78 is 5.05. The summed E-state index contributed by atoms with van der Waals surface area (Å²) in [6.45, 7) is 11.4. The molecule has 6 heteroatoms. The van der Waals surface area contributed by atoms with Gasteiger partial charge in [0.2, 0.25) is 0 Å². The lowest BCUT2D eigenvalue weighted by atomic mass is 10.1. The Morgan fingerprint density at radius 1 is 0.609 bits per heavy atom. The van der Waals surface area contributed by atoms with Crippen molar-refractivity contribution in [3.63, 3.8) is 0 Å². The molecule has 248 valence electrons. The highest BCUT2D eigenvalue weighted by Crippen LogP contribution is 2.16. The fourth-order valence-corrected chi connectivity index (χ4v) is 4.22. The number of ether oxygens (including phenoxy) is 1. The average molecular weight is 627 g/mol. The molecular formula is C40H54N2O4. The van der Waals surface area contributed by atoms with Crippen LogP contribution >= 0.6 is 0 Å². The van der Waals surface area contributed by atoms with Gasteiger partial charge in [-0.25, -0.2) is 0 Å². The lowest BCUT2D eigenvalue weighted by molar-refractivity contribution is 0.0944. The SMILES string of the molecule is CCCCCCCCNC(=O)c1ccccc1C.CCNC(=O)c1ccccc1OC.Cc1ccccc1.Cc1ccccc1O. The first kappa shape index (κ1) is 39.4. The highest BCUT2D eigenvalue weighted by Gasteiger charge is 2.09. The second kappa shape index (κ2) is 24.7. The Kier molecular flexibility index (Phi) is 21.2. The number of rotatable bonds is 11. The maximum absolute atomic E-state index is 11.9. The molecule has 0 saturated carbocycles. The third-order valence-corrected chi connectivity index (χ3v) is 6.95. The molecule has 0 aromatic heterocycles. The molecular weight excluding hydrogens is 572 g/mol. The normalized spacial score (nSPS) is 9.61. The summed E-state index contributed by atoms with van der Waals surface area (Å²) in [7, 11) is 1.55. The van der Waals surface area contributed by atoms with Crippen LogP contribution in [-0.2, 0) is 0 Å². The second-order valence-corrected chi connectivity index (χ2v) is 10.8. The molecule has 0 spiro atoms. The number of phenolic OH excluding ortho intramolecular Hbond substituents is 1. The minimum atomic E-state index is -0.0973. The second-order valence-electron chi connectivity index (χ2n) is 10.8. The van der Waals surface area contributed by atoms with Crippen LogP contribution in [0.1, 0.15) is 89.8 Å². The number of unbranched alkanes of at least 4 members (excludes halogenated alkanes) is 5. The van der Waals surface area contributed by atoms with Crippen LogP contribution in [0.25, 0.3) is 0 Å². The molecule has 0 radical (unpaired) electrons. The summed E-state index contributed by atoms with van der Waals surface area (Å²) in [4.78, 5) is 23.3. The van der Waals surface area contributed by atoms with Crippen molar-refractivity contribution in [1.29, 1.82) is 0 Å². The molecule has 4 aromatic rings. The number of carbonyl (C=O) groups is 2. The highest BCUT2D eigenvalue weighted by molar-refractivity contribution is 5.97. The number of methoxy groups -OCH3 is 1. The standard InChI is InChI=1S/C16H25NO.C10H13NO2.C7H8O.C7H8/c1-3-4-5-6-7-10-13-17-16(18)15-12-9-8-11-14(15)2;1-3-11-10(12)8-6-4-5-7-9(8)13-2;1-6-4-2-3-5-7(6)8;1-7-5-3-2-4-6-7/h8-9,11-12H,3-7,10,13H2,1-2H3,(H,17,18);4-7H,3H2,1-2H3,(H,11,12);2-5,8H,1H3;2-6H,1H3. The molecule has 0 heterocycles. The molecule has 0 bridgehead atoms. The summed E-state index contributed by atoms with van der Waals surface area (Å²) in [5.41, 5.74) is 4.66. The zero-order chi connectivity index (χ0) is 34.0. The predicted molar refractivity (Wildman–Crippen MR) is 192 cm³/mol. The van der Waals surface area contributed by atoms with E-state index >= 15 is 0 Å². The molecule has 46 heavy (non-hydrogen) atoms. The third kappa shape index (κ3) is 17.0. The number of aromatic hydroxyl groups is 1. The lowest BCUT2D eigenvalue weighted by Crippen LogP contribution is -2.25. The highest BCUT2D eigenvalue weighted by atomic mass is 16.5. The summed E-state index contributed by atoms with van der Waals surface area (Å²) >= 11 is 0. The Morgan fingerprint density at radius 2 is 1.13 bits per heavy atom. The number of nitrogens with one attached hydrogen (secondary N) is 2.